The van der Waals surface area contributed by atoms with Gasteiger partial charge in [-0.2, -0.15) is 0 Å². The Hall–Kier alpha value is 0.537. The van der Waals surface area contributed by atoms with Crippen LogP contribution in [0.3, 0.4) is 0 Å². The maximum Gasteiger partial charge on any atom is 0.284 e. The fourth-order valence-electron chi connectivity index (χ4n) is 2.73. The molecule has 0 aromatic heterocycles. The zero-order chi connectivity index (χ0) is 8.98. The fourth-order valence-corrected chi connectivity index (χ4v) is 6.35. The first kappa shape index (κ1) is 9.11. The third-order valence-corrected chi connectivity index (χ3v) is 7.30. The highest BCUT2D eigenvalue weighted by Crippen LogP contribution is 2.68. The van der Waals surface area contributed by atoms with Crippen LogP contribution in [0.4, 0.5) is 0 Å². The van der Waals surface area contributed by atoms with Crippen molar-refractivity contribution >= 4 is 29.6 Å². The summed E-state index contributed by atoms with van der Waals surface area (Å²) in [4.78, 5) is 0. The molecule has 0 aliphatic heterocycles. The molecule has 2 aliphatic rings. The molecule has 0 amide bonds. The topological polar surface area (TPSA) is 0 Å². The van der Waals surface area contributed by atoms with Gasteiger partial charge in [0.1, 0.15) is 0 Å². The molecule has 2 rings (SSSR count). The van der Waals surface area contributed by atoms with Gasteiger partial charge in [0.15, 0.2) is 0 Å². The Morgan fingerprint density at radius 2 is 2.00 bits per heavy atom. The van der Waals surface area contributed by atoms with E-state index in [9.17, 15) is 0 Å². The number of hydrogen-bond acceptors (Lipinski definition) is 0. The van der Waals surface area contributed by atoms with Crippen molar-refractivity contribution in [3.63, 3.8) is 0 Å². The SMILES string of the molecule is CC1(C)CC2C=CC1([Si](Cl)Cl)C2. The first-order valence-corrected chi connectivity index (χ1v) is 7.88. The van der Waals surface area contributed by atoms with Crippen LogP contribution in [-0.4, -0.2) is 7.42 Å². The maximum atomic E-state index is 6.17. The van der Waals surface area contributed by atoms with Crippen molar-refractivity contribution in [3.8, 4) is 0 Å². The molecule has 0 N–H and O–H groups in total. The maximum absolute atomic E-state index is 6.17. The third kappa shape index (κ3) is 0.964. The average molecular weight is 220 g/mol. The number of hydrogen-bond donors (Lipinski definition) is 0. The van der Waals surface area contributed by atoms with Gasteiger partial charge >= 0.3 is 0 Å². The van der Waals surface area contributed by atoms with Gasteiger partial charge in [-0.25, -0.2) is 0 Å². The fraction of sp³-hybridized carbons (Fsp3) is 0.778. The van der Waals surface area contributed by atoms with E-state index in [1.54, 1.807) is 0 Å². The summed E-state index contributed by atoms with van der Waals surface area (Å²) in [5.74, 6) is 0.748. The van der Waals surface area contributed by atoms with E-state index in [1.807, 2.05) is 0 Å². The summed E-state index contributed by atoms with van der Waals surface area (Å²) < 4.78 is 0. The molecule has 0 aromatic carbocycles. The molecule has 1 radical (unpaired) electrons. The summed E-state index contributed by atoms with van der Waals surface area (Å²) in [6.45, 7) is 4.60. The van der Waals surface area contributed by atoms with E-state index >= 15 is 0 Å². The lowest BCUT2D eigenvalue weighted by Gasteiger charge is -2.39. The molecule has 12 heavy (non-hydrogen) atoms. The minimum absolute atomic E-state index is 0.158. The Labute approximate surface area is 85.0 Å². The molecule has 2 aliphatic carbocycles. The van der Waals surface area contributed by atoms with Crippen molar-refractivity contribution in [2.45, 2.75) is 31.7 Å². The van der Waals surface area contributed by atoms with Gasteiger partial charge in [0, 0.05) is 5.04 Å². The second kappa shape index (κ2) is 2.52. The van der Waals surface area contributed by atoms with Gasteiger partial charge in [-0.3, -0.25) is 0 Å². The quantitative estimate of drug-likeness (QED) is 0.359. The highest BCUT2D eigenvalue weighted by Gasteiger charge is 2.58. The number of allylic oxidation sites excluding steroid dienone is 2. The van der Waals surface area contributed by atoms with E-state index < -0.39 is 7.42 Å². The molecule has 3 heteroatoms. The molecule has 2 unspecified atom stereocenters. The summed E-state index contributed by atoms with van der Waals surface area (Å²) in [6, 6.07) is 0. The molecule has 0 heterocycles. The van der Waals surface area contributed by atoms with Crippen molar-refractivity contribution in [1.29, 1.82) is 0 Å². The monoisotopic (exact) mass is 219 g/mol. The number of rotatable bonds is 1. The lowest BCUT2D eigenvalue weighted by Crippen LogP contribution is -2.32. The van der Waals surface area contributed by atoms with Crippen LogP contribution in [-0.2, 0) is 0 Å². The highest BCUT2D eigenvalue weighted by molar-refractivity contribution is 7.35. The summed E-state index contributed by atoms with van der Waals surface area (Å²) in [7, 11) is -1.23. The van der Waals surface area contributed by atoms with Crippen LogP contribution in [0.2, 0.25) is 5.04 Å². The molecule has 67 valence electrons. The molecule has 2 atom stereocenters. The van der Waals surface area contributed by atoms with Crippen LogP contribution in [0.25, 0.3) is 0 Å². The molecule has 1 saturated carbocycles. The molecule has 0 saturated heterocycles. The molecule has 0 spiro atoms. The predicted molar refractivity (Wildman–Crippen MR) is 55.8 cm³/mol. The van der Waals surface area contributed by atoms with Crippen LogP contribution in [0.15, 0.2) is 12.2 Å². The molecule has 1 fully saturated rings. The Morgan fingerprint density at radius 3 is 2.25 bits per heavy atom. The summed E-state index contributed by atoms with van der Waals surface area (Å²) in [5, 5.41) is 0.158. The van der Waals surface area contributed by atoms with Crippen molar-refractivity contribution in [2.24, 2.45) is 11.3 Å². The Morgan fingerprint density at radius 1 is 1.33 bits per heavy atom. The molecular weight excluding hydrogens is 207 g/mol. The van der Waals surface area contributed by atoms with Crippen LogP contribution in [0.5, 0.6) is 0 Å². The molecular formula is C9H13Cl2Si. The van der Waals surface area contributed by atoms with Crippen molar-refractivity contribution in [3.05, 3.63) is 12.2 Å². The van der Waals surface area contributed by atoms with E-state index in [2.05, 4.69) is 26.0 Å². The van der Waals surface area contributed by atoms with Gasteiger partial charge in [0.25, 0.3) is 7.42 Å². The van der Waals surface area contributed by atoms with E-state index in [-0.39, 0.29) is 5.04 Å². The van der Waals surface area contributed by atoms with Gasteiger partial charge in [-0.1, -0.05) is 26.0 Å². The van der Waals surface area contributed by atoms with Crippen LogP contribution in [0, 0.1) is 11.3 Å². The van der Waals surface area contributed by atoms with Crippen molar-refractivity contribution in [1.82, 2.24) is 0 Å². The van der Waals surface area contributed by atoms with Gasteiger partial charge in [0.2, 0.25) is 0 Å². The first-order valence-electron chi connectivity index (χ1n) is 4.36. The second-order valence-corrected chi connectivity index (χ2v) is 8.90. The second-order valence-electron chi connectivity index (χ2n) is 4.64. The van der Waals surface area contributed by atoms with Crippen molar-refractivity contribution < 1.29 is 0 Å². The normalized spacial score (nSPS) is 42.9. The van der Waals surface area contributed by atoms with E-state index in [1.165, 1.54) is 12.8 Å². The Kier molecular flexibility index (Phi) is 1.91. The summed E-state index contributed by atoms with van der Waals surface area (Å²) in [5.41, 5.74) is 0.324. The van der Waals surface area contributed by atoms with Gasteiger partial charge in [-0.15, -0.1) is 22.2 Å². The van der Waals surface area contributed by atoms with Gasteiger partial charge in [-0.05, 0) is 24.2 Å². The summed E-state index contributed by atoms with van der Waals surface area (Å²) >= 11 is 12.3. The zero-order valence-electron chi connectivity index (χ0n) is 7.40. The minimum atomic E-state index is -1.23. The Bertz CT molecular complexity index is 235. The average Bonchev–Trinajstić information content (AvgIpc) is 2.40. The molecule has 0 aromatic rings. The van der Waals surface area contributed by atoms with Crippen LogP contribution < -0.4 is 0 Å². The van der Waals surface area contributed by atoms with Gasteiger partial charge < -0.3 is 0 Å². The number of fused-ring (bicyclic) bond motifs is 2. The van der Waals surface area contributed by atoms with Crippen molar-refractivity contribution in [2.75, 3.05) is 0 Å². The lowest BCUT2D eigenvalue weighted by atomic mass is 9.79. The minimum Gasteiger partial charge on any atom is -0.146 e. The van der Waals surface area contributed by atoms with Crippen LogP contribution in [0.1, 0.15) is 26.7 Å². The third-order valence-electron chi connectivity index (χ3n) is 3.55. The molecule has 0 nitrogen and oxygen atoms in total. The standard InChI is InChI=1S/C9H13Cl2Si/c1-8(2)5-7-3-4-9(8,6-7)12(10)11/h3-4,7H,5-6H2,1-2H3. The lowest BCUT2D eigenvalue weighted by molar-refractivity contribution is 0.311. The van der Waals surface area contributed by atoms with Gasteiger partial charge in [0.05, 0.1) is 0 Å². The largest absolute Gasteiger partial charge is 0.284 e. The smallest absolute Gasteiger partial charge is 0.146 e. The first-order chi connectivity index (χ1) is 5.48. The predicted octanol–water partition coefficient (Wildman–Crippen LogP) is 3.70. The Balaban J connectivity index is 2.40. The van der Waals surface area contributed by atoms with Crippen LogP contribution >= 0.6 is 22.2 Å². The van der Waals surface area contributed by atoms with E-state index in [0.29, 0.717) is 5.41 Å². The number of halogens is 2. The zero-order valence-corrected chi connectivity index (χ0v) is 9.91. The van der Waals surface area contributed by atoms with E-state index in [4.69, 9.17) is 22.2 Å². The highest BCUT2D eigenvalue weighted by atomic mass is 35.7. The van der Waals surface area contributed by atoms with E-state index in [0.717, 1.165) is 5.92 Å². The molecule has 2 bridgehead atoms. The summed E-state index contributed by atoms with van der Waals surface area (Å²) in [6.07, 6.45) is 7.05.